The van der Waals surface area contributed by atoms with Gasteiger partial charge in [-0.05, 0) is 42.3 Å². The van der Waals surface area contributed by atoms with Gasteiger partial charge in [0.1, 0.15) is 0 Å². The Labute approximate surface area is 111 Å². The van der Waals surface area contributed by atoms with E-state index >= 15 is 0 Å². The van der Waals surface area contributed by atoms with E-state index in [2.05, 4.69) is 9.71 Å². The van der Waals surface area contributed by atoms with E-state index in [4.69, 9.17) is 11.6 Å². The molecule has 0 amide bonds. The van der Waals surface area contributed by atoms with Gasteiger partial charge in [0.05, 0.1) is 4.90 Å². The lowest BCUT2D eigenvalue weighted by Crippen LogP contribution is -2.25. The highest BCUT2D eigenvalue weighted by atomic mass is 35.5. The van der Waals surface area contributed by atoms with E-state index in [0.717, 1.165) is 5.56 Å². The molecule has 0 saturated carbocycles. The Bertz CT molecular complexity index is 592. The van der Waals surface area contributed by atoms with E-state index in [-0.39, 0.29) is 4.90 Å². The Morgan fingerprint density at radius 3 is 2.50 bits per heavy atom. The summed E-state index contributed by atoms with van der Waals surface area (Å²) in [5, 5.41) is 0.515. The Morgan fingerprint density at radius 1 is 1.17 bits per heavy atom. The van der Waals surface area contributed by atoms with Gasteiger partial charge in [-0.25, -0.2) is 13.1 Å². The number of hydrogen-bond donors (Lipinski definition) is 2. The summed E-state index contributed by atoms with van der Waals surface area (Å²) in [6.07, 6.45) is 4.30. The standard InChI is InChI=1S/C12H13ClN2O2S/c13-11-1-3-12(4-2-11)18(16,17)15-8-6-10-5-7-14-9-10/h1-5,7,9,14-15H,6,8H2. The van der Waals surface area contributed by atoms with Crippen LogP contribution in [0.25, 0.3) is 0 Å². The minimum Gasteiger partial charge on any atom is -0.367 e. The zero-order valence-electron chi connectivity index (χ0n) is 9.56. The number of hydrogen-bond acceptors (Lipinski definition) is 2. The second-order valence-electron chi connectivity index (χ2n) is 3.82. The maximum atomic E-state index is 11.9. The average molecular weight is 285 g/mol. The van der Waals surface area contributed by atoms with Crippen molar-refractivity contribution < 1.29 is 8.42 Å². The number of aromatic nitrogens is 1. The molecule has 2 rings (SSSR count). The fourth-order valence-corrected chi connectivity index (χ4v) is 2.70. The molecule has 0 bridgehead atoms. The van der Waals surface area contributed by atoms with Gasteiger partial charge in [0, 0.05) is 24.0 Å². The number of rotatable bonds is 5. The van der Waals surface area contributed by atoms with Crippen LogP contribution in [-0.4, -0.2) is 19.9 Å². The van der Waals surface area contributed by atoms with Gasteiger partial charge in [0.15, 0.2) is 0 Å². The molecule has 96 valence electrons. The largest absolute Gasteiger partial charge is 0.367 e. The number of halogens is 1. The smallest absolute Gasteiger partial charge is 0.240 e. The van der Waals surface area contributed by atoms with Crippen molar-refractivity contribution >= 4 is 21.6 Å². The van der Waals surface area contributed by atoms with Gasteiger partial charge in [-0.2, -0.15) is 0 Å². The van der Waals surface area contributed by atoms with E-state index in [0.29, 0.717) is 18.0 Å². The molecule has 0 spiro atoms. The van der Waals surface area contributed by atoms with E-state index in [1.54, 1.807) is 12.1 Å². The van der Waals surface area contributed by atoms with Crippen molar-refractivity contribution in [3.63, 3.8) is 0 Å². The summed E-state index contributed by atoms with van der Waals surface area (Å²) in [4.78, 5) is 3.15. The van der Waals surface area contributed by atoms with E-state index in [1.165, 1.54) is 12.1 Å². The molecule has 0 fully saturated rings. The van der Waals surface area contributed by atoms with Gasteiger partial charge in [-0.15, -0.1) is 0 Å². The summed E-state index contributed by atoms with van der Waals surface area (Å²) < 4.78 is 26.4. The molecule has 0 unspecified atom stereocenters. The minimum absolute atomic E-state index is 0.223. The van der Waals surface area contributed by atoms with Crippen molar-refractivity contribution in [2.45, 2.75) is 11.3 Å². The molecule has 0 aliphatic carbocycles. The summed E-state index contributed by atoms with van der Waals surface area (Å²) in [6.45, 7) is 0.364. The zero-order valence-corrected chi connectivity index (χ0v) is 11.1. The maximum Gasteiger partial charge on any atom is 0.240 e. The van der Waals surface area contributed by atoms with Crippen LogP contribution >= 0.6 is 11.6 Å². The number of H-pyrrole nitrogens is 1. The Morgan fingerprint density at radius 2 is 1.89 bits per heavy atom. The van der Waals surface area contributed by atoms with Crippen LogP contribution in [0.1, 0.15) is 5.56 Å². The van der Waals surface area contributed by atoms with Crippen LogP contribution in [-0.2, 0) is 16.4 Å². The van der Waals surface area contributed by atoms with Crippen molar-refractivity contribution in [1.29, 1.82) is 0 Å². The molecule has 0 aliphatic rings. The van der Waals surface area contributed by atoms with Crippen LogP contribution in [0.5, 0.6) is 0 Å². The summed E-state index contributed by atoms with van der Waals surface area (Å²) >= 11 is 5.71. The molecule has 0 aliphatic heterocycles. The van der Waals surface area contributed by atoms with Gasteiger partial charge in [-0.1, -0.05) is 11.6 Å². The van der Waals surface area contributed by atoms with E-state index < -0.39 is 10.0 Å². The lowest BCUT2D eigenvalue weighted by atomic mass is 10.2. The topological polar surface area (TPSA) is 62.0 Å². The minimum atomic E-state index is -3.45. The fraction of sp³-hybridized carbons (Fsp3) is 0.167. The highest BCUT2D eigenvalue weighted by Gasteiger charge is 2.12. The van der Waals surface area contributed by atoms with Gasteiger partial charge < -0.3 is 4.98 Å². The SMILES string of the molecule is O=S(=O)(NCCc1cc[nH]c1)c1ccc(Cl)cc1. The first-order valence-electron chi connectivity index (χ1n) is 5.45. The first-order chi connectivity index (χ1) is 8.58. The molecular formula is C12H13ClN2O2S. The third-order valence-electron chi connectivity index (χ3n) is 2.49. The monoisotopic (exact) mass is 284 g/mol. The third-order valence-corrected chi connectivity index (χ3v) is 4.22. The van der Waals surface area contributed by atoms with E-state index in [1.807, 2.05) is 18.5 Å². The van der Waals surface area contributed by atoms with Crippen molar-refractivity contribution in [3.8, 4) is 0 Å². The summed E-state index contributed by atoms with van der Waals surface area (Å²) in [5.41, 5.74) is 1.06. The van der Waals surface area contributed by atoms with Crippen molar-refractivity contribution in [2.24, 2.45) is 0 Å². The van der Waals surface area contributed by atoms with Crippen LogP contribution in [0.3, 0.4) is 0 Å². The lowest BCUT2D eigenvalue weighted by Gasteiger charge is -2.06. The molecular weight excluding hydrogens is 272 g/mol. The molecule has 2 aromatic rings. The summed E-state index contributed by atoms with van der Waals surface area (Å²) in [5.74, 6) is 0. The molecule has 1 heterocycles. The van der Waals surface area contributed by atoms with Gasteiger partial charge >= 0.3 is 0 Å². The molecule has 1 aromatic heterocycles. The lowest BCUT2D eigenvalue weighted by molar-refractivity contribution is 0.581. The Hall–Kier alpha value is -1.30. The predicted molar refractivity (Wildman–Crippen MR) is 71.1 cm³/mol. The molecule has 0 atom stereocenters. The van der Waals surface area contributed by atoms with Crippen molar-refractivity contribution in [1.82, 2.24) is 9.71 Å². The summed E-state index contributed by atoms with van der Waals surface area (Å²) in [7, 11) is -3.45. The maximum absolute atomic E-state index is 11.9. The van der Waals surface area contributed by atoms with Crippen LogP contribution in [0, 0.1) is 0 Å². The number of sulfonamides is 1. The normalized spacial score (nSPS) is 11.6. The summed E-state index contributed by atoms with van der Waals surface area (Å²) in [6, 6.07) is 8.00. The molecule has 4 nitrogen and oxygen atoms in total. The third kappa shape index (κ3) is 3.35. The highest BCUT2D eigenvalue weighted by Crippen LogP contribution is 2.13. The van der Waals surface area contributed by atoms with Gasteiger partial charge in [-0.3, -0.25) is 0 Å². The second kappa shape index (κ2) is 5.56. The molecule has 0 radical (unpaired) electrons. The molecule has 0 saturated heterocycles. The van der Waals surface area contributed by atoms with Crippen molar-refractivity contribution in [2.75, 3.05) is 6.54 Å². The number of aromatic amines is 1. The number of benzene rings is 1. The van der Waals surface area contributed by atoms with Crippen LogP contribution in [0.4, 0.5) is 0 Å². The predicted octanol–water partition coefficient (Wildman–Crippen LogP) is 2.19. The van der Waals surface area contributed by atoms with Crippen molar-refractivity contribution in [3.05, 3.63) is 53.3 Å². The zero-order chi connectivity index (χ0) is 13.0. The molecule has 1 aromatic carbocycles. The first kappa shape index (κ1) is 13.1. The van der Waals surface area contributed by atoms with Gasteiger partial charge in [0.2, 0.25) is 10.0 Å². The van der Waals surface area contributed by atoms with Crippen LogP contribution < -0.4 is 4.72 Å². The fourth-order valence-electron chi connectivity index (χ4n) is 1.54. The van der Waals surface area contributed by atoms with Crippen LogP contribution in [0.2, 0.25) is 5.02 Å². The van der Waals surface area contributed by atoms with Gasteiger partial charge in [0.25, 0.3) is 0 Å². The Kier molecular flexibility index (Phi) is 4.06. The second-order valence-corrected chi connectivity index (χ2v) is 6.02. The highest BCUT2D eigenvalue weighted by molar-refractivity contribution is 7.89. The first-order valence-corrected chi connectivity index (χ1v) is 7.31. The molecule has 2 N–H and O–H groups in total. The van der Waals surface area contributed by atoms with Crippen LogP contribution in [0.15, 0.2) is 47.6 Å². The van der Waals surface area contributed by atoms with E-state index in [9.17, 15) is 8.42 Å². The molecule has 6 heteroatoms. The quantitative estimate of drug-likeness (QED) is 0.884. The Balaban J connectivity index is 1.97. The average Bonchev–Trinajstić information content (AvgIpc) is 2.82. The number of nitrogens with one attached hydrogen (secondary N) is 2. The molecule has 18 heavy (non-hydrogen) atoms.